The predicted molar refractivity (Wildman–Crippen MR) is 103 cm³/mol. The fourth-order valence-electron chi connectivity index (χ4n) is 3.61. The minimum absolute atomic E-state index is 0.187. The summed E-state index contributed by atoms with van der Waals surface area (Å²) < 4.78 is 0. The van der Waals surface area contributed by atoms with Gasteiger partial charge in [0.1, 0.15) is 0 Å². The van der Waals surface area contributed by atoms with Crippen molar-refractivity contribution in [3.05, 3.63) is 34.3 Å². The van der Waals surface area contributed by atoms with E-state index in [0.717, 1.165) is 55.2 Å². The number of halogens is 1. The van der Waals surface area contributed by atoms with Crippen LogP contribution in [-0.4, -0.2) is 72.3 Å². The van der Waals surface area contributed by atoms with E-state index in [0.29, 0.717) is 32.5 Å². The number of carbonyl (C=O) groups excluding carboxylic acids is 2. The second-order valence-electron chi connectivity index (χ2n) is 7.33. The molecule has 0 spiro atoms. The zero-order valence-electron chi connectivity index (χ0n) is 15.5. The molecule has 0 unspecified atom stereocenters. The third-order valence-corrected chi connectivity index (χ3v) is 5.81. The molecule has 142 valence electrons. The molecule has 1 aromatic rings. The van der Waals surface area contributed by atoms with Crippen molar-refractivity contribution in [2.24, 2.45) is 0 Å². The lowest BCUT2D eigenvalue weighted by Crippen LogP contribution is -2.51. The van der Waals surface area contributed by atoms with Crippen LogP contribution in [0.2, 0.25) is 5.02 Å². The smallest absolute Gasteiger partial charge is 0.236 e. The SMILES string of the molecule is Cc1ccc(CCC(=O)N2CCN(CC(=O)N3CCCC3)CC2)cc1Cl. The van der Waals surface area contributed by atoms with E-state index in [1.807, 2.05) is 34.9 Å². The number of benzene rings is 1. The fourth-order valence-corrected chi connectivity index (χ4v) is 3.82. The highest BCUT2D eigenvalue weighted by molar-refractivity contribution is 6.31. The van der Waals surface area contributed by atoms with Crippen LogP contribution in [0.25, 0.3) is 0 Å². The maximum Gasteiger partial charge on any atom is 0.236 e. The molecule has 2 fully saturated rings. The standard InChI is InChI=1S/C20H28ClN3O2/c1-16-4-5-17(14-18(16)21)6-7-19(25)24-12-10-22(11-13-24)15-20(26)23-8-2-3-9-23/h4-5,14H,2-3,6-13,15H2,1H3. The van der Waals surface area contributed by atoms with Crippen LogP contribution in [0, 0.1) is 6.92 Å². The summed E-state index contributed by atoms with van der Waals surface area (Å²) in [7, 11) is 0. The fraction of sp³-hybridized carbons (Fsp3) is 0.600. The molecule has 0 bridgehead atoms. The van der Waals surface area contributed by atoms with Crippen LogP contribution in [0.15, 0.2) is 18.2 Å². The van der Waals surface area contributed by atoms with Gasteiger partial charge in [0.05, 0.1) is 6.54 Å². The molecule has 2 aliphatic rings. The lowest BCUT2D eigenvalue weighted by atomic mass is 10.1. The Morgan fingerprint density at radius 3 is 2.27 bits per heavy atom. The van der Waals surface area contributed by atoms with E-state index < -0.39 is 0 Å². The summed E-state index contributed by atoms with van der Waals surface area (Å²) in [4.78, 5) is 30.7. The van der Waals surface area contributed by atoms with E-state index in [1.165, 1.54) is 0 Å². The van der Waals surface area contributed by atoms with Crippen LogP contribution >= 0.6 is 11.6 Å². The first-order chi connectivity index (χ1) is 12.5. The van der Waals surface area contributed by atoms with Crippen molar-refractivity contribution in [2.45, 2.75) is 32.6 Å². The molecule has 0 atom stereocenters. The second-order valence-corrected chi connectivity index (χ2v) is 7.74. The van der Waals surface area contributed by atoms with Gasteiger partial charge in [0.25, 0.3) is 0 Å². The number of carbonyl (C=O) groups is 2. The number of nitrogens with zero attached hydrogens (tertiary/aromatic N) is 3. The molecule has 0 N–H and O–H groups in total. The molecular formula is C20H28ClN3O2. The van der Waals surface area contributed by atoms with Crippen molar-refractivity contribution in [2.75, 3.05) is 45.8 Å². The molecule has 6 heteroatoms. The van der Waals surface area contributed by atoms with Gasteiger partial charge in [-0.15, -0.1) is 0 Å². The number of piperazine rings is 1. The number of likely N-dealkylation sites (tertiary alicyclic amines) is 1. The van der Waals surface area contributed by atoms with Crippen molar-refractivity contribution in [1.82, 2.24) is 14.7 Å². The summed E-state index contributed by atoms with van der Waals surface area (Å²) in [6.07, 6.45) is 3.47. The molecule has 5 nitrogen and oxygen atoms in total. The number of hydrogen-bond donors (Lipinski definition) is 0. The highest BCUT2D eigenvalue weighted by atomic mass is 35.5. The monoisotopic (exact) mass is 377 g/mol. The topological polar surface area (TPSA) is 43.9 Å². The van der Waals surface area contributed by atoms with Gasteiger partial charge in [0.15, 0.2) is 0 Å². The quantitative estimate of drug-likeness (QED) is 0.791. The molecular weight excluding hydrogens is 350 g/mol. The molecule has 26 heavy (non-hydrogen) atoms. The first kappa shape index (κ1) is 19.2. The zero-order chi connectivity index (χ0) is 18.5. The highest BCUT2D eigenvalue weighted by Gasteiger charge is 2.25. The summed E-state index contributed by atoms with van der Waals surface area (Å²) in [5, 5.41) is 0.756. The number of amides is 2. The average Bonchev–Trinajstić information content (AvgIpc) is 3.18. The maximum absolute atomic E-state index is 12.5. The molecule has 2 amide bonds. The van der Waals surface area contributed by atoms with Gasteiger partial charge in [0.2, 0.25) is 11.8 Å². The largest absolute Gasteiger partial charge is 0.342 e. The van der Waals surface area contributed by atoms with Crippen LogP contribution in [0.5, 0.6) is 0 Å². The van der Waals surface area contributed by atoms with E-state index >= 15 is 0 Å². The van der Waals surface area contributed by atoms with Gasteiger partial charge in [-0.1, -0.05) is 23.7 Å². The van der Waals surface area contributed by atoms with Gasteiger partial charge >= 0.3 is 0 Å². The molecule has 2 saturated heterocycles. The lowest BCUT2D eigenvalue weighted by Gasteiger charge is -2.35. The predicted octanol–water partition coefficient (Wildman–Crippen LogP) is 2.35. The third kappa shape index (κ3) is 4.98. The average molecular weight is 378 g/mol. The molecule has 1 aromatic carbocycles. The van der Waals surface area contributed by atoms with E-state index in [9.17, 15) is 9.59 Å². The van der Waals surface area contributed by atoms with E-state index in [4.69, 9.17) is 11.6 Å². The Balaban J connectivity index is 1.40. The van der Waals surface area contributed by atoms with Crippen molar-refractivity contribution in [3.8, 4) is 0 Å². The Labute approximate surface area is 160 Å². The second kappa shape index (κ2) is 8.87. The first-order valence-electron chi connectivity index (χ1n) is 9.56. The minimum Gasteiger partial charge on any atom is -0.342 e. The molecule has 2 heterocycles. The summed E-state index contributed by atoms with van der Waals surface area (Å²) in [5.41, 5.74) is 2.16. The van der Waals surface area contributed by atoms with Crippen molar-refractivity contribution < 1.29 is 9.59 Å². The summed E-state index contributed by atoms with van der Waals surface area (Å²) >= 11 is 6.15. The highest BCUT2D eigenvalue weighted by Crippen LogP contribution is 2.18. The van der Waals surface area contributed by atoms with Crippen molar-refractivity contribution >= 4 is 23.4 Å². The van der Waals surface area contributed by atoms with Crippen LogP contribution in [0.1, 0.15) is 30.4 Å². The Morgan fingerprint density at radius 1 is 0.962 bits per heavy atom. The molecule has 0 aromatic heterocycles. The normalized spacial score (nSPS) is 18.4. The van der Waals surface area contributed by atoms with Gasteiger partial charge in [-0.3, -0.25) is 14.5 Å². The van der Waals surface area contributed by atoms with Gasteiger partial charge in [-0.05, 0) is 43.4 Å². The van der Waals surface area contributed by atoms with Gasteiger partial charge in [-0.25, -0.2) is 0 Å². The van der Waals surface area contributed by atoms with Gasteiger partial charge < -0.3 is 9.80 Å². The first-order valence-corrected chi connectivity index (χ1v) is 9.93. The number of aryl methyl sites for hydroxylation is 2. The Hall–Kier alpha value is -1.59. The summed E-state index contributed by atoms with van der Waals surface area (Å²) in [6, 6.07) is 5.99. The van der Waals surface area contributed by atoms with Crippen LogP contribution in [-0.2, 0) is 16.0 Å². The Kier molecular flexibility index (Phi) is 6.54. The maximum atomic E-state index is 12.5. The summed E-state index contributed by atoms with van der Waals surface area (Å²) in [5.74, 6) is 0.422. The van der Waals surface area contributed by atoms with E-state index in [-0.39, 0.29) is 11.8 Å². The zero-order valence-corrected chi connectivity index (χ0v) is 16.3. The van der Waals surface area contributed by atoms with Gasteiger partial charge in [-0.2, -0.15) is 0 Å². The van der Waals surface area contributed by atoms with Crippen LogP contribution < -0.4 is 0 Å². The lowest BCUT2D eigenvalue weighted by molar-refractivity contribution is -0.134. The van der Waals surface area contributed by atoms with E-state index in [1.54, 1.807) is 0 Å². The molecule has 0 aliphatic carbocycles. The van der Waals surface area contributed by atoms with Crippen molar-refractivity contribution in [3.63, 3.8) is 0 Å². The Morgan fingerprint density at radius 2 is 1.62 bits per heavy atom. The van der Waals surface area contributed by atoms with Crippen molar-refractivity contribution in [1.29, 1.82) is 0 Å². The molecule has 0 saturated carbocycles. The van der Waals surface area contributed by atoms with Crippen LogP contribution in [0.4, 0.5) is 0 Å². The number of hydrogen-bond acceptors (Lipinski definition) is 3. The number of rotatable bonds is 5. The Bertz CT molecular complexity index is 650. The minimum atomic E-state index is 0.187. The molecule has 0 radical (unpaired) electrons. The molecule has 2 aliphatic heterocycles. The summed E-state index contributed by atoms with van der Waals surface area (Å²) in [6.45, 7) is 7.25. The third-order valence-electron chi connectivity index (χ3n) is 5.41. The van der Waals surface area contributed by atoms with Gasteiger partial charge in [0, 0.05) is 50.7 Å². The van der Waals surface area contributed by atoms with E-state index in [2.05, 4.69) is 4.90 Å². The van der Waals surface area contributed by atoms with Crippen LogP contribution in [0.3, 0.4) is 0 Å². The molecule has 3 rings (SSSR count).